The second-order valence-electron chi connectivity index (χ2n) is 8.67. The lowest BCUT2D eigenvalue weighted by Gasteiger charge is -2.29. The van der Waals surface area contributed by atoms with Crippen molar-refractivity contribution < 1.29 is 4.74 Å². The fraction of sp³-hybridized carbons (Fsp3) is 0.308. The number of ether oxygens (including phenoxy) is 1. The summed E-state index contributed by atoms with van der Waals surface area (Å²) in [6.07, 6.45) is 7.86. The van der Waals surface area contributed by atoms with Gasteiger partial charge in [-0.05, 0) is 72.9 Å². The number of rotatable bonds is 5. The van der Waals surface area contributed by atoms with Crippen molar-refractivity contribution in [2.75, 3.05) is 36.5 Å². The summed E-state index contributed by atoms with van der Waals surface area (Å²) in [5.41, 5.74) is 5.63. The first-order valence-corrected chi connectivity index (χ1v) is 11.5. The number of nitrogens with zero attached hydrogens (tertiary/aromatic N) is 4. The van der Waals surface area contributed by atoms with Crippen LogP contribution >= 0.6 is 0 Å². The maximum atomic E-state index is 5.48. The summed E-state index contributed by atoms with van der Waals surface area (Å²) in [6, 6.07) is 19.8. The van der Waals surface area contributed by atoms with Gasteiger partial charge in [-0.25, -0.2) is 4.98 Å². The molecule has 32 heavy (non-hydrogen) atoms. The molecule has 2 aromatic heterocycles. The van der Waals surface area contributed by atoms with E-state index in [2.05, 4.69) is 80.7 Å². The molecule has 0 bridgehead atoms. The van der Waals surface area contributed by atoms with Gasteiger partial charge >= 0.3 is 0 Å². The molecule has 1 aliphatic heterocycles. The molecular weight excluding hydrogens is 398 g/mol. The zero-order valence-electron chi connectivity index (χ0n) is 18.1. The minimum atomic E-state index is 0.579. The van der Waals surface area contributed by atoms with Crippen molar-refractivity contribution in [1.29, 1.82) is 0 Å². The van der Waals surface area contributed by atoms with E-state index in [1.165, 1.54) is 35.9 Å². The normalized spacial score (nSPS) is 16.8. The van der Waals surface area contributed by atoms with Gasteiger partial charge in [-0.3, -0.25) is 4.68 Å². The Kier molecular flexibility index (Phi) is 5.00. The molecule has 2 fully saturated rings. The van der Waals surface area contributed by atoms with Crippen LogP contribution in [0.15, 0.2) is 67.0 Å². The lowest BCUT2D eigenvalue weighted by Crippen LogP contribution is -2.36. The molecule has 6 nitrogen and oxygen atoms in total. The Bertz CT molecular complexity index is 1240. The van der Waals surface area contributed by atoms with Crippen LogP contribution in [0.25, 0.3) is 22.0 Å². The van der Waals surface area contributed by atoms with E-state index in [-0.39, 0.29) is 0 Å². The highest BCUT2D eigenvalue weighted by Gasteiger charge is 2.20. The van der Waals surface area contributed by atoms with Crippen LogP contribution in [-0.4, -0.2) is 41.1 Å². The lowest BCUT2D eigenvalue weighted by atomic mass is 9.93. The van der Waals surface area contributed by atoms with Crippen LogP contribution in [0.1, 0.15) is 25.3 Å². The number of fused-ring (bicyclic) bond motifs is 1. The van der Waals surface area contributed by atoms with Gasteiger partial charge in [-0.2, -0.15) is 5.10 Å². The van der Waals surface area contributed by atoms with Crippen molar-refractivity contribution in [3.8, 4) is 11.1 Å². The topological polar surface area (TPSA) is 55.2 Å². The molecule has 2 aromatic carbocycles. The molecule has 3 heterocycles. The number of nitrogens with one attached hydrogen (secondary N) is 1. The molecule has 162 valence electrons. The number of anilines is 3. The van der Waals surface area contributed by atoms with Gasteiger partial charge in [-0.15, -0.1) is 0 Å². The van der Waals surface area contributed by atoms with Crippen LogP contribution in [-0.2, 0) is 4.74 Å². The number of morpholine rings is 1. The second kappa shape index (κ2) is 8.28. The van der Waals surface area contributed by atoms with Crippen LogP contribution in [0.2, 0.25) is 0 Å². The fourth-order valence-electron chi connectivity index (χ4n) is 4.49. The molecule has 0 unspecified atom stereocenters. The largest absolute Gasteiger partial charge is 0.378 e. The van der Waals surface area contributed by atoms with Crippen LogP contribution in [0, 0.1) is 0 Å². The van der Waals surface area contributed by atoms with Gasteiger partial charge in [0.05, 0.1) is 24.8 Å². The standard InChI is InChI=1S/C26H27N5O/c1-3-22(17-24(6-1)30-11-13-32-14-12-30)28-26-16-20(9-10-27-26)19-7-8-25-21(15-19)18-31(29-25)23-4-2-5-23/h1,3,6-10,15-18,23H,2,4-5,11-14H2,(H,27,28). The maximum absolute atomic E-state index is 5.48. The Morgan fingerprint density at radius 1 is 0.938 bits per heavy atom. The Morgan fingerprint density at radius 2 is 1.81 bits per heavy atom. The smallest absolute Gasteiger partial charge is 0.130 e. The van der Waals surface area contributed by atoms with Crippen LogP contribution in [0.4, 0.5) is 17.2 Å². The van der Waals surface area contributed by atoms with Crippen molar-refractivity contribution in [1.82, 2.24) is 14.8 Å². The summed E-state index contributed by atoms with van der Waals surface area (Å²) >= 11 is 0. The minimum absolute atomic E-state index is 0.579. The predicted molar refractivity (Wildman–Crippen MR) is 129 cm³/mol. The van der Waals surface area contributed by atoms with E-state index in [1.807, 2.05) is 6.20 Å². The summed E-state index contributed by atoms with van der Waals surface area (Å²) in [6.45, 7) is 3.42. The molecule has 0 radical (unpaired) electrons. The quantitative estimate of drug-likeness (QED) is 0.464. The van der Waals surface area contributed by atoms with Crippen molar-refractivity contribution in [3.05, 3.63) is 67.0 Å². The first kappa shape index (κ1) is 19.3. The third-order valence-electron chi connectivity index (χ3n) is 6.56. The predicted octanol–water partition coefficient (Wildman–Crippen LogP) is 5.40. The van der Waals surface area contributed by atoms with E-state index in [9.17, 15) is 0 Å². The SMILES string of the molecule is c1cc(Nc2cc(-c3ccc4nn(C5CCC5)cc4c3)ccn2)cc(N2CCOCC2)c1. The zero-order chi connectivity index (χ0) is 21.3. The molecule has 0 amide bonds. The van der Waals surface area contributed by atoms with E-state index < -0.39 is 0 Å². The molecule has 1 saturated carbocycles. The van der Waals surface area contributed by atoms with Crippen molar-refractivity contribution >= 4 is 28.1 Å². The number of hydrogen-bond donors (Lipinski definition) is 1. The highest BCUT2D eigenvalue weighted by molar-refractivity contribution is 5.84. The average molecular weight is 426 g/mol. The lowest BCUT2D eigenvalue weighted by molar-refractivity contribution is 0.122. The van der Waals surface area contributed by atoms with Crippen molar-refractivity contribution in [2.24, 2.45) is 0 Å². The Morgan fingerprint density at radius 3 is 2.66 bits per heavy atom. The minimum Gasteiger partial charge on any atom is -0.378 e. The zero-order valence-corrected chi connectivity index (χ0v) is 18.1. The molecule has 1 N–H and O–H groups in total. The van der Waals surface area contributed by atoms with E-state index in [1.54, 1.807) is 0 Å². The molecule has 6 rings (SSSR count). The number of pyridine rings is 1. The van der Waals surface area contributed by atoms with E-state index >= 15 is 0 Å². The second-order valence-corrected chi connectivity index (χ2v) is 8.67. The number of aromatic nitrogens is 3. The summed E-state index contributed by atoms with van der Waals surface area (Å²) in [7, 11) is 0. The molecule has 1 saturated heterocycles. The molecule has 1 aliphatic carbocycles. The third-order valence-corrected chi connectivity index (χ3v) is 6.56. The number of benzene rings is 2. The Balaban J connectivity index is 1.24. The van der Waals surface area contributed by atoms with Gasteiger partial charge < -0.3 is 15.0 Å². The molecule has 2 aliphatic rings. The van der Waals surface area contributed by atoms with E-state index in [0.717, 1.165) is 48.9 Å². The monoisotopic (exact) mass is 425 g/mol. The summed E-state index contributed by atoms with van der Waals surface area (Å²) in [4.78, 5) is 6.91. The summed E-state index contributed by atoms with van der Waals surface area (Å²) in [5.74, 6) is 0.840. The van der Waals surface area contributed by atoms with Gasteiger partial charge in [-0.1, -0.05) is 12.1 Å². The van der Waals surface area contributed by atoms with Crippen LogP contribution in [0.3, 0.4) is 0 Å². The average Bonchev–Trinajstić information content (AvgIpc) is 3.21. The highest BCUT2D eigenvalue weighted by Crippen LogP contribution is 2.33. The Labute approximate surface area is 187 Å². The number of hydrogen-bond acceptors (Lipinski definition) is 5. The van der Waals surface area contributed by atoms with Gasteiger partial charge in [0.2, 0.25) is 0 Å². The van der Waals surface area contributed by atoms with Crippen molar-refractivity contribution in [2.45, 2.75) is 25.3 Å². The van der Waals surface area contributed by atoms with E-state index in [0.29, 0.717) is 6.04 Å². The molecule has 0 atom stereocenters. The Hall–Kier alpha value is -3.38. The van der Waals surface area contributed by atoms with Gasteiger partial charge in [0.15, 0.2) is 0 Å². The van der Waals surface area contributed by atoms with Gasteiger partial charge in [0.25, 0.3) is 0 Å². The first-order valence-electron chi connectivity index (χ1n) is 11.5. The van der Waals surface area contributed by atoms with Crippen LogP contribution in [0.5, 0.6) is 0 Å². The summed E-state index contributed by atoms with van der Waals surface area (Å²) < 4.78 is 7.63. The fourth-order valence-corrected chi connectivity index (χ4v) is 4.49. The van der Waals surface area contributed by atoms with Crippen molar-refractivity contribution in [3.63, 3.8) is 0 Å². The molecule has 4 aromatic rings. The van der Waals surface area contributed by atoms with Gasteiger partial charge in [0.1, 0.15) is 5.82 Å². The molecule has 0 spiro atoms. The summed E-state index contributed by atoms with van der Waals surface area (Å²) in [5, 5.41) is 9.44. The first-order chi connectivity index (χ1) is 15.8. The molecule has 6 heteroatoms. The molecular formula is C26H27N5O. The van der Waals surface area contributed by atoms with Gasteiger partial charge in [0, 0.05) is 42.2 Å². The highest BCUT2D eigenvalue weighted by atomic mass is 16.5. The third kappa shape index (κ3) is 3.82. The van der Waals surface area contributed by atoms with Crippen LogP contribution < -0.4 is 10.2 Å². The van der Waals surface area contributed by atoms with E-state index in [4.69, 9.17) is 9.84 Å². The maximum Gasteiger partial charge on any atom is 0.130 e.